The Morgan fingerprint density at radius 3 is 2.93 bits per heavy atom. The third-order valence-electron chi connectivity index (χ3n) is 2.73. The highest BCUT2D eigenvalue weighted by Crippen LogP contribution is 2.26. The number of carbonyl (C=O) groups is 1. The maximum absolute atomic E-state index is 11.4. The fourth-order valence-electron chi connectivity index (χ4n) is 1.55. The second-order valence-electron chi connectivity index (χ2n) is 3.79. The zero-order valence-electron chi connectivity index (χ0n) is 8.11. The first kappa shape index (κ1) is 9.52. The number of ether oxygens (including phenoxy) is 1. The van der Waals surface area contributed by atoms with E-state index in [4.69, 9.17) is 9.84 Å². The van der Waals surface area contributed by atoms with Crippen LogP contribution in [0.4, 0.5) is 0 Å². The summed E-state index contributed by atoms with van der Waals surface area (Å²) in [6.07, 6.45) is 5.58. The first-order valence-corrected chi connectivity index (χ1v) is 5.06. The molecule has 1 aliphatic heterocycles. The molecule has 0 aromatic heterocycles. The topological polar surface area (TPSA) is 49.8 Å². The summed E-state index contributed by atoms with van der Waals surface area (Å²) in [6, 6.07) is 0. The minimum Gasteiger partial charge on any atom is -0.485 e. The molecule has 0 aromatic carbocycles. The lowest BCUT2D eigenvalue weighted by molar-refractivity contribution is -0.122. The van der Waals surface area contributed by atoms with Gasteiger partial charge in [-0.3, -0.25) is 4.79 Å². The smallest absolute Gasteiger partial charge is 0.200 e. The molecular formula is C10H15NO3. The van der Waals surface area contributed by atoms with Crippen molar-refractivity contribution in [2.45, 2.75) is 31.8 Å². The molecule has 2 aliphatic rings. The van der Waals surface area contributed by atoms with Gasteiger partial charge in [-0.2, -0.15) is 0 Å². The van der Waals surface area contributed by atoms with Crippen LogP contribution in [-0.4, -0.2) is 35.2 Å². The van der Waals surface area contributed by atoms with Gasteiger partial charge in [0.25, 0.3) is 0 Å². The molecule has 1 fully saturated rings. The van der Waals surface area contributed by atoms with E-state index in [0.29, 0.717) is 18.7 Å². The number of aliphatic hydroxyl groups is 1. The van der Waals surface area contributed by atoms with Crippen molar-refractivity contribution < 1.29 is 14.6 Å². The molecule has 0 spiro atoms. The summed E-state index contributed by atoms with van der Waals surface area (Å²) in [6.45, 7) is 0.539. The van der Waals surface area contributed by atoms with Crippen LogP contribution in [0.3, 0.4) is 0 Å². The van der Waals surface area contributed by atoms with Crippen molar-refractivity contribution in [1.82, 2.24) is 4.90 Å². The van der Waals surface area contributed by atoms with Gasteiger partial charge >= 0.3 is 0 Å². The van der Waals surface area contributed by atoms with Crippen LogP contribution in [0, 0.1) is 0 Å². The van der Waals surface area contributed by atoms with Crippen molar-refractivity contribution in [2.24, 2.45) is 0 Å². The van der Waals surface area contributed by atoms with Crippen LogP contribution in [0.2, 0.25) is 0 Å². The van der Waals surface area contributed by atoms with E-state index >= 15 is 0 Å². The number of ketones is 1. The Balaban J connectivity index is 1.97. The molecule has 1 aliphatic carbocycles. The molecule has 0 radical (unpaired) electrons. The molecule has 4 heteroatoms. The van der Waals surface area contributed by atoms with Gasteiger partial charge in [-0.05, 0) is 19.3 Å². The SMILES string of the molecule is O=C1CCN(CO)C=C1OC1CCC1. The van der Waals surface area contributed by atoms with Crippen LogP contribution >= 0.6 is 0 Å². The van der Waals surface area contributed by atoms with E-state index in [1.54, 1.807) is 11.1 Å². The predicted molar refractivity (Wildman–Crippen MR) is 50.2 cm³/mol. The molecule has 0 amide bonds. The van der Waals surface area contributed by atoms with E-state index in [1.165, 1.54) is 6.42 Å². The van der Waals surface area contributed by atoms with E-state index in [9.17, 15) is 4.79 Å². The molecule has 0 unspecified atom stereocenters. The summed E-state index contributed by atoms with van der Waals surface area (Å²) in [4.78, 5) is 13.1. The Morgan fingerprint density at radius 2 is 2.36 bits per heavy atom. The van der Waals surface area contributed by atoms with E-state index in [-0.39, 0.29) is 18.6 Å². The van der Waals surface area contributed by atoms with Crippen LogP contribution in [0.25, 0.3) is 0 Å². The predicted octanol–water partition coefficient (Wildman–Crippen LogP) is 0.621. The number of hydrogen-bond acceptors (Lipinski definition) is 4. The van der Waals surface area contributed by atoms with Crippen LogP contribution in [-0.2, 0) is 9.53 Å². The molecule has 1 N–H and O–H groups in total. The van der Waals surface area contributed by atoms with Gasteiger partial charge in [0.15, 0.2) is 5.76 Å². The van der Waals surface area contributed by atoms with Crippen LogP contribution in [0.1, 0.15) is 25.7 Å². The summed E-state index contributed by atoms with van der Waals surface area (Å²) < 4.78 is 5.53. The van der Waals surface area contributed by atoms with Gasteiger partial charge in [0.1, 0.15) is 6.73 Å². The van der Waals surface area contributed by atoms with Crippen molar-refractivity contribution in [3.8, 4) is 0 Å². The van der Waals surface area contributed by atoms with Crippen molar-refractivity contribution in [3.63, 3.8) is 0 Å². The minimum atomic E-state index is -0.0508. The van der Waals surface area contributed by atoms with Crippen molar-refractivity contribution in [3.05, 3.63) is 12.0 Å². The summed E-state index contributed by atoms with van der Waals surface area (Å²) in [5.74, 6) is 0.483. The van der Waals surface area contributed by atoms with Gasteiger partial charge in [-0.15, -0.1) is 0 Å². The number of nitrogens with zero attached hydrogens (tertiary/aromatic N) is 1. The number of carbonyl (C=O) groups excluding carboxylic acids is 1. The summed E-state index contributed by atoms with van der Waals surface area (Å²) in [5.41, 5.74) is 0. The van der Waals surface area contributed by atoms with Crippen LogP contribution in [0.15, 0.2) is 12.0 Å². The molecule has 4 nitrogen and oxygen atoms in total. The Morgan fingerprint density at radius 1 is 1.57 bits per heavy atom. The molecule has 2 rings (SSSR count). The summed E-state index contributed by atoms with van der Waals surface area (Å²) in [5, 5.41) is 8.91. The Hall–Kier alpha value is -1.03. The average molecular weight is 197 g/mol. The highest BCUT2D eigenvalue weighted by atomic mass is 16.5. The van der Waals surface area contributed by atoms with Gasteiger partial charge in [-0.25, -0.2) is 0 Å². The lowest BCUT2D eigenvalue weighted by Crippen LogP contribution is -2.32. The standard InChI is InChI=1S/C10H15NO3/c12-7-11-5-4-9(13)10(6-11)14-8-2-1-3-8/h6,8,12H,1-5,7H2. The summed E-state index contributed by atoms with van der Waals surface area (Å²) >= 11 is 0. The molecule has 0 atom stereocenters. The fourth-order valence-corrected chi connectivity index (χ4v) is 1.55. The highest BCUT2D eigenvalue weighted by Gasteiger charge is 2.25. The number of aliphatic hydroxyl groups excluding tert-OH is 1. The first-order chi connectivity index (χ1) is 6.79. The fraction of sp³-hybridized carbons (Fsp3) is 0.700. The average Bonchev–Trinajstić information content (AvgIpc) is 2.14. The van der Waals surface area contributed by atoms with E-state index in [0.717, 1.165) is 12.8 Å². The molecule has 0 bridgehead atoms. The Labute approximate surface area is 83.2 Å². The molecule has 1 heterocycles. The van der Waals surface area contributed by atoms with E-state index in [2.05, 4.69) is 0 Å². The van der Waals surface area contributed by atoms with Crippen molar-refractivity contribution in [2.75, 3.05) is 13.3 Å². The Bertz CT molecular complexity index is 258. The second-order valence-corrected chi connectivity index (χ2v) is 3.79. The lowest BCUT2D eigenvalue weighted by atomic mass is 9.96. The maximum atomic E-state index is 11.4. The van der Waals surface area contributed by atoms with Gasteiger partial charge < -0.3 is 14.7 Å². The number of Topliss-reactive ketones (excluding diaryl/α,β-unsaturated/α-hetero) is 1. The highest BCUT2D eigenvalue weighted by molar-refractivity contribution is 5.94. The number of allylic oxidation sites excluding steroid dienone is 1. The van der Waals surface area contributed by atoms with E-state index in [1.807, 2.05) is 0 Å². The van der Waals surface area contributed by atoms with Crippen LogP contribution in [0.5, 0.6) is 0 Å². The first-order valence-electron chi connectivity index (χ1n) is 5.06. The number of rotatable bonds is 3. The zero-order chi connectivity index (χ0) is 9.97. The molecule has 0 aromatic rings. The lowest BCUT2D eigenvalue weighted by Gasteiger charge is -2.30. The van der Waals surface area contributed by atoms with Gasteiger partial charge in [-0.1, -0.05) is 0 Å². The monoisotopic (exact) mass is 197 g/mol. The zero-order valence-corrected chi connectivity index (χ0v) is 8.11. The molecular weight excluding hydrogens is 182 g/mol. The quantitative estimate of drug-likeness (QED) is 0.720. The third-order valence-corrected chi connectivity index (χ3v) is 2.73. The minimum absolute atomic E-state index is 0.0508. The molecule has 1 saturated carbocycles. The molecule has 14 heavy (non-hydrogen) atoms. The normalized spacial score (nSPS) is 23.1. The third kappa shape index (κ3) is 1.90. The van der Waals surface area contributed by atoms with Gasteiger partial charge in [0.05, 0.1) is 6.10 Å². The molecule has 78 valence electrons. The van der Waals surface area contributed by atoms with Gasteiger partial charge in [0, 0.05) is 19.2 Å². The summed E-state index contributed by atoms with van der Waals surface area (Å²) in [7, 11) is 0. The molecule has 0 saturated heterocycles. The van der Waals surface area contributed by atoms with E-state index < -0.39 is 0 Å². The van der Waals surface area contributed by atoms with Crippen molar-refractivity contribution in [1.29, 1.82) is 0 Å². The Kier molecular flexibility index (Phi) is 2.72. The number of hydrogen-bond donors (Lipinski definition) is 1. The van der Waals surface area contributed by atoms with Crippen LogP contribution < -0.4 is 0 Å². The largest absolute Gasteiger partial charge is 0.485 e. The second kappa shape index (κ2) is 4.00. The van der Waals surface area contributed by atoms with Crippen molar-refractivity contribution >= 4 is 5.78 Å². The van der Waals surface area contributed by atoms with Gasteiger partial charge in [0.2, 0.25) is 5.78 Å². The maximum Gasteiger partial charge on any atom is 0.200 e.